The van der Waals surface area contributed by atoms with Crippen LogP contribution in [0.15, 0.2) is 18.6 Å². The van der Waals surface area contributed by atoms with Crippen LogP contribution >= 0.6 is 0 Å². The van der Waals surface area contributed by atoms with Crippen molar-refractivity contribution in [1.82, 2.24) is 14.4 Å². The first-order chi connectivity index (χ1) is 6.20. The van der Waals surface area contributed by atoms with Crippen LogP contribution < -0.4 is 0 Å². The average Bonchev–Trinajstić information content (AvgIpc) is 2.45. The third kappa shape index (κ3) is 1.66. The molecule has 2 heterocycles. The normalized spacial score (nSPS) is 9.79. The molecule has 0 fully saturated rings. The fourth-order valence-electron chi connectivity index (χ4n) is 1.25. The quantitative estimate of drug-likeness (QED) is 0.664. The van der Waals surface area contributed by atoms with Gasteiger partial charge in [-0.25, -0.2) is 9.78 Å². The van der Waals surface area contributed by atoms with E-state index in [1.54, 1.807) is 23.7 Å². The molecule has 0 aromatic carbocycles. The Bertz CT molecular complexity index is 480. The zero-order valence-corrected chi connectivity index (χ0v) is 6.93. The number of hydrogen-bond acceptors (Lipinski definition) is 3. The second-order valence-corrected chi connectivity index (χ2v) is 2.64. The number of imidazole rings is 1. The van der Waals surface area contributed by atoms with E-state index in [1.807, 2.05) is 0 Å². The predicted octanol–water partition coefficient (Wildman–Crippen LogP) is 0.0874. The van der Waals surface area contributed by atoms with E-state index in [4.69, 9.17) is 5.11 Å². The molecule has 0 aliphatic rings. The molecule has 2 aromatic rings. The molecule has 5 nitrogen and oxygen atoms in total. The molecule has 1 N–H and O–H groups in total. The van der Waals surface area contributed by atoms with Gasteiger partial charge >= 0.3 is 35.5 Å². The van der Waals surface area contributed by atoms with Crippen molar-refractivity contribution in [3.8, 4) is 0 Å². The monoisotopic (exact) mass is 201 g/mol. The van der Waals surface area contributed by atoms with Gasteiger partial charge in [0, 0.05) is 12.4 Å². The summed E-state index contributed by atoms with van der Waals surface area (Å²) in [6.45, 7) is 1.75. The molecular weight excluding hydrogens is 193 g/mol. The molecule has 0 saturated heterocycles. The van der Waals surface area contributed by atoms with Gasteiger partial charge in [-0.2, -0.15) is 0 Å². The van der Waals surface area contributed by atoms with E-state index in [-0.39, 0.29) is 35.3 Å². The Morgan fingerprint density at radius 3 is 2.93 bits per heavy atom. The number of nitrogens with zero attached hydrogens (tertiary/aromatic N) is 3. The fourth-order valence-corrected chi connectivity index (χ4v) is 1.25. The van der Waals surface area contributed by atoms with Crippen LogP contribution in [0, 0.1) is 6.92 Å². The number of carboxylic acid groups (broad SMARTS) is 1. The zero-order chi connectivity index (χ0) is 9.42. The Kier molecular flexibility index (Phi) is 3.25. The van der Waals surface area contributed by atoms with E-state index in [9.17, 15) is 4.79 Å². The summed E-state index contributed by atoms with van der Waals surface area (Å²) in [5, 5.41) is 8.79. The minimum absolute atomic E-state index is 0. The van der Waals surface area contributed by atoms with Crippen molar-refractivity contribution in [3.05, 3.63) is 30.1 Å². The summed E-state index contributed by atoms with van der Waals surface area (Å²) in [7, 11) is 0. The van der Waals surface area contributed by atoms with Crippen molar-refractivity contribution < 1.29 is 9.90 Å². The summed E-state index contributed by atoms with van der Waals surface area (Å²) in [5.41, 5.74) is 0.568. The van der Waals surface area contributed by atoms with E-state index in [0.717, 1.165) is 0 Å². The summed E-state index contributed by atoms with van der Waals surface area (Å²) in [4.78, 5) is 18.5. The van der Waals surface area contributed by atoms with Gasteiger partial charge in [0.1, 0.15) is 5.82 Å². The van der Waals surface area contributed by atoms with Crippen molar-refractivity contribution in [3.63, 3.8) is 0 Å². The van der Waals surface area contributed by atoms with Gasteiger partial charge in [0.15, 0.2) is 5.69 Å². The second-order valence-electron chi connectivity index (χ2n) is 2.64. The molecular formula is C8H8N3NaO2. The topological polar surface area (TPSA) is 67.5 Å². The van der Waals surface area contributed by atoms with Crippen molar-refractivity contribution in [2.45, 2.75) is 6.92 Å². The third-order valence-electron chi connectivity index (χ3n) is 1.83. The summed E-state index contributed by atoms with van der Waals surface area (Å²) in [6, 6.07) is 0. The summed E-state index contributed by atoms with van der Waals surface area (Å²) in [5.74, 6) is -0.381. The van der Waals surface area contributed by atoms with Crippen LogP contribution in [0.1, 0.15) is 16.3 Å². The van der Waals surface area contributed by atoms with E-state index in [2.05, 4.69) is 9.97 Å². The first-order valence-corrected chi connectivity index (χ1v) is 3.72. The maximum absolute atomic E-state index is 10.7. The SMILES string of the molecule is Cc1nc(C(=O)O)c2cnccn12.[NaH]. The van der Waals surface area contributed by atoms with Crippen LogP contribution in [0.5, 0.6) is 0 Å². The van der Waals surface area contributed by atoms with Crippen LogP contribution in [0.2, 0.25) is 0 Å². The molecule has 2 rings (SSSR count). The van der Waals surface area contributed by atoms with E-state index in [0.29, 0.717) is 11.3 Å². The van der Waals surface area contributed by atoms with Gasteiger partial charge in [0.05, 0.1) is 11.7 Å². The maximum atomic E-state index is 10.7. The van der Waals surface area contributed by atoms with Crippen LogP contribution in [0.3, 0.4) is 0 Å². The molecule has 0 spiro atoms. The van der Waals surface area contributed by atoms with Gasteiger partial charge in [-0.1, -0.05) is 0 Å². The molecule has 6 heteroatoms. The van der Waals surface area contributed by atoms with Gasteiger partial charge in [0.2, 0.25) is 0 Å². The van der Waals surface area contributed by atoms with Crippen LogP contribution in [0.25, 0.3) is 5.52 Å². The number of aromatic nitrogens is 3. The molecule has 0 unspecified atom stereocenters. The van der Waals surface area contributed by atoms with Crippen LogP contribution in [0.4, 0.5) is 0 Å². The first-order valence-electron chi connectivity index (χ1n) is 3.72. The molecule has 2 aromatic heterocycles. The molecule has 68 valence electrons. The molecule has 0 radical (unpaired) electrons. The van der Waals surface area contributed by atoms with Gasteiger partial charge in [-0.05, 0) is 6.92 Å². The average molecular weight is 201 g/mol. The molecule has 0 bridgehead atoms. The number of rotatable bonds is 1. The number of aromatic carboxylic acids is 1. The Morgan fingerprint density at radius 2 is 2.29 bits per heavy atom. The number of fused-ring (bicyclic) bond motifs is 1. The predicted molar refractivity (Wildman–Crippen MR) is 51.8 cm³/mol. The van der Waals surface area contributed by atoms with Gasteiger partial charge in [-0.3, -0.25) is 4.98 Å². The van der Waals surface area contributed by atoms with Gasteiger partial charge in [-0.15, -0.1) is 0 Å². The summed E-state index contributed by atoms with van der Waals surface area (Å²) in [6.07, 6.45) is 4.76. The van der Waals surface area contributed by atoms with Crippen molar-refractivity contribution in [2.24, 2.45) is 0 Å². The molecule has 0 amide bonds. The fraction of sp³-hybridized carbons (Fsp3) is 0.125. The Hall–Kier alpha value is -0.910. The Balaban J connectivity index is 0.000000980. The Morgan fingerprint density at radius 1 is 1.57 bits per heavy atom. The van der Waals surface area contributed by atoms with Gasteiger partial charge in [0.25, 0.3) is 0 Å². The Labute approximate surface area is 102 Å². The molecule has 0 saturated carbocycles. The number of aryl methyl sites for hydroxylation is 1. The standard InChI is InChI=1S/C8H7N3O2.Na.H/c1-5-10-7(8(12)13)6-4-9-2-3-11(5)6;;/h2-4H,1H3,(H,12,13);;. The molecule has 0 aliphatic heterocycles. The van der Waals surface area contributed by atoms with E-state index >= 15 is 0 Å². The van der Waals surface area contributed by atoms with Crippen molar-refractivity contribution in [1.29, 1.82) is 0 Å². The summed E-state index contributed by atoms with van der Waals surface area (Å²) < 4.78 is 1.69. The number of hydrogen-bond donors (Lipinski definition) is 1. The first kappa shape index (κ1) is 11.2. The van der Waals surface area contributed by atoms with E-state index < -0.39 is 5.97 Å². The summed E-state index contributed by atoms with van der Waals surface area (Å²) >= 11 is 0. The third-order valence-corrected chi connectivity index (χ3v) is 1.83. The van der Waals surface area contributed by atoms with Crippen molar-refractivity contribution >= 4 is 41.0 Å². The van der Waals surface area contributed by atoms with Crippen LogP contribution in [-0.2, 0) is 0 Å². The zero-order valence-electron chi connectivity index (χ0n) is 6.93. The van der Waals surface area contributed by atoms with Crippen molar-refractivity contribution in [2.75, 3.05) is 0 Å². The molecule has 14 heavy (non-hydrogen) atoms. The molecule has 0 aliphatic carbocycles. The van der Waals surface area contributed by atoms with Crippen LogP contribution in [-0.4, -0.2) is 55.0 Å². The number of carbonyl (C=O) groups is 1. The van der Waals surface area contributed by atoms with Gasteiger partial charge < -0.3 is 9.51 Å². The molecule has 0 atom stereocenters. The van der Waals surface area contributed by atoms with E-state index in [1.165, 1.54) is 6.20 Å². The minimum atomic E-state index is -1.03. The second kappa shape index (κ2) is 4.08. The number of carboxylic acids is 1.